The van der Waals surface area contributed by atoms with Gasteiger partial charge in [-0.1, -0.05) is 60.7 Å². The summed E-state index contributed by atoms with van der Waals surface area (Å²) in [6.07, 6.45) is 4.00. The minimum absolute atomic E-state index is 0.956. The average Bonchev–Trinajstić information content (AvgIpc) is 3.05. The minimum Gasteiger partial charge on any atom is -0.310 e. The number of benzene rings is 6. The Kier molecular flexibility index (Phi) is 6.20. The lowest BCUT2D eigenvalue weighted by Gasteiger charge is -2.27. The normalized spacial score (nSPS) is 11.4. The molecule has 0 atom stereocenters. The van der Waals surface area contributed by atoms with Crippen LogP contribution in [0.1, 0.15) is 11.1 Å². The van der Waals surface area contributed by atoms with Crippen molar-refractivity contribution in [3.05, 3.63) is 157 Å². The van der Waals surface area contributed by atoms with Gasteiger partial charge in [-0.25, -0.2) is 0 Å². The maximum Gasteiger partial charge on any atom is 0.0736 e. The van der Waals surface area contributed by atoms with Gasteiger partial charge in [-0.2, -0.15) is 0 Å². The van der Waals surface area contributed by atoms with Crippen LogP contribution in [0.15, 0.2) is 146 Å². The highest BCUT2D eigenvalue weighted by Crippen LogP contribution is 2.43. The summed E-state index contributed by atoms with van der Waals surface area (Å²) in [5, 5.41) is 4.43. The molecule has 44 heavy (non-hydrogen) atoms. The summed E-state index contributed by atoms with van der Waals surface area (Å²) >= 11 is 0. The topological polar surface area (TPSA) is 32.3 Å². The molecule has 0 radical (unpaired) electrons. The summed E-state index contributed by atoms with van der Waals surface area (Å²) in [6, 6.07) is 47.1. The molecule has 8 rings (SSSR count). The first-order chi connectivity index (χ1) is 21.6. The number of aromatic nitrogens is 2. The molecule has 0 aliphatic carbocycles. The van der Waals surface area contributed by atoms with Crippen molar-refractivity contribution >= 4 is 66.7 Å². The van der Waals surface area contributed by atoms with E-state index < -0.39 is 0 Å². The van der Waals surface area contributed by atoms with Crippen LogP contribution in [0.3, 0.4) is 0 Å². The fraction of sp³-hybridized carbons (Fsp3) is 0.0500. The molecule has 6 aromatic carbocycles. The Labute approximate surface area is 256 Å². The number of para-hydroxylation sites is 2. The molecule has 0 spiro atoms. The van der Waals surface area contributed by atoms with Crippen molar-refractivity contribution in [2.45, 2.75) is 13.8 Å². The first-order valence-electron chi connectivity index (χ1n) is 14.9. The van der Waals surface area contributed by atoms with E-state index in [0.717, 1.165) is 66.7 Å². The van der Waals surface area contributed by atoms with Crippen LogP contribution in [0.25, 0.3) is 32.6 Å². The van der Waals surface area contributed by atoms with Gasteiger partial charge in [0.2, 0.25) is 0 Å². The van der Waals surface area contributed by atoms with Gasteiger partial charge in [0.05, 0.1) is 11.0 Å². The zero-order chi connectivity index (χ0) is 29.6. The van der Waals surface area contributed by atoms with Gasteiger partial charge in [-0.15, -0.1) is 0 Å². The van der Waals surface area contributed by atoms with E-state index in [1.165, 1.54) is 11.1 Å². The molecule has 4 nitrogen and oxygen atoms in total. The quantitative estimate of drug-likeness (QED) is 0.187. The minimum atomic E-state index is 0.956. The lowest BCUT2D eigenvalue weighted by Crippen LogP contribution is -2.11. The van der Waals surface area contributed by atoms with Gasteiger partial charge in [0.25, 0.3) is 0 Å². The second kappa shape index (κ2) is 10.5. The summed E-state index contributed by atoms with van der Waals surface area (Å²) in [7, 11) is 0. The molecule has 0 saturated carbocycles. The zero-order valence-electron chi connectivity index (χ0n) is 24.6. The number of rotatable bonds is 6. The van der Waals surface area contributed by atoms with Crippen molar-refractivity contribution in [2.75, 3.05) is 9.80 Å². The highest BCUT2D eigenvalue weighted by molar-refractivity contribution is 6.22. The summed E-state index contributed by atoms with van der Waals surface area (Å²) < 4.78 is 0. The molecule has 0 saturated heterocycles. The van der Waals surface area contributed by atoms with Crippen molar-refractivity contribution in [2.24, 2.45) is 0 Å². The van der Waals surface area contributed by atoms with Gasteiger partial charge in [-0.05, 0) is 97.8 Å². The van der Waals surface area contributed by atoms with Crippen LogP contribution in [0, 0.1) is 13.8 Å². The Hall–Kier alpha value is -5.74. The zero-order valence-corrected chi connectivity index (χ0v) is 24.6. The molecule has 2 aromatic heterocycles. The Morgan fingerprint density at radius 2 is 0.795 bits per heavy atom. The van der Waals surface area contributed by atoms with Gasteiger partial charge >= 0.3 is 0 Å². The number of aryl methyl sites for hydroxylation is 2. The number of pyridine rings is 2. The Morgan fingerprint density at radius 1 is 0.386 bits per heavy atom. The highest BCUT2D eigenvalue weighted by Gasteiger charge is 2.20. The monoisotopic (exact) mass is 566 g/mol. The third-order valence-corrected chi connectivity index (χ3v) is 8.27. The van der Waals surface area contributed by atoms with Gasteiger partial charge < -0.3 is 9.80 Å². The highest BCUT2D eigenvalue weighted by atomic mass is 15.1. The summed E-state index contributed by atoms with van der Waals surface area (Å²) in [4.78, 5) is 14.7. The molecule has 210 valence electrons. The summed E-state index contributed by atoms with van der Waals surface area (Å²) in [5.74, 6) is 0. The van der Waals surface area contributed by atoms with E-state index in [0.29, 0.717) is 0 Å². The predicted octanol–water partition coefficient (Wildman–Crippen LogP) is 10.9. The number of nitrogens with zero attached hydrogens (tertiary/aromatic N) is 4. The fourth-order valence-electron chi connectivity index (χ4n) is 6.34. The SMILES string of the molecule is Cc1cccc(N(c2ccccc2)c2cc3cnc4cc(N(c5ccccc5)c5cccc(C)c5)cc5cnc(c2)c3c54)c1. The van der Waals surface area contributed by atoms with E-state index in [-0.39, 0.29) is 0 Å². The smallest absolute Gasteiger partial charge is 0.0736 e. The molecule has 0 aliphatic rings. The molecule has 8 aromatic rings. The summed E-state index contributed by atoms with van der Waals surface area (Å²) in [5.41, 5.74) is 10.9. The Bertz CT molecular complexity index is 2030. The van der Waals surface area contributed by atoms with Crippen LogP contribution in [-0.4, -0.2) is 9.97 Å². The molecule has 0 fully saturated rings. The summed E-state index contributed by atoms with van der Waals surface area (Å²) in [6.45, 7) is 4.26. The van der Waals surface area contributed by atoms with E-state index >= 15 is 0 Å². The molecule has 0 amide bonds. The first kappa shape index (κ1) is 25.9. The van der Waals surface area contributed by atoms with Crippen LogP contribution in [0.2, 0.25) is 0 Å². The third-order valence-electron chi connectivity index (χ3n) is 8.27. The van der Waals surface area contributed by atoms with Gasteiger partial charge in [0.1, 0.15) is 0 Å². The van der Waals surface area contributed by atoms with Crippen molar-refractivity contribution in [3.8, 4) is 0 Å². The predicted molar refractivity (Wildman–Crippen MR) is 185 cm³/mol. The molecule has 0 unspecified atom stereocenters. The van der Waals surface area contributed by atoms with Crippen LogP contribution in [-0.2, 0) is 0 Å². The molecular weight excluding hydrogens is 536 g/mol. The molecule has 0 aliphatic heterocycles. The first-order valence-corrected chi connectivity index (χ1v) is 14.9. The lowest BCUT2D eigenvalue weighted by molar-refractivity contribution is 1.27. The van der Waals surface area contributed by atoms with Gasteiger partial charge in [-0.3, -0.25) is 9.97 Å². The third kappa shape index (κ3) is 4.48. The van der Waals surface area contributed by atoms with E-state index in [4.69, 9.17) is 9.97 Å². The number of hydrogen-bond acceptors (Lipinski definition) is 4. The van der Waals surface area contributed by atoms with Gasteiger partial charge in [0.15, 0.2) is 0 Å². The van der Waals surface area contributed by atoms with E-state index in [9.17, 15) is 0 Å². The fourth-order valence-corrected chi connectivity index (χ4v) is 6.34. The Morgan fingerprint density at radius 3 is 1.20 bits per heavy atom. The second-order valence-corrected chi connectivity index (χ2v) is 11.4. The van der Waals surface area contributed by atoms with Crippen LogP contribution in [0.4, 0.5) is 34.1 Å². The van der Waals surface area contributed by atoms with Crippen molar-refractivity contribution in [3.63, 3.8) is 0 Å². The van der Waals surface area contributed by atoms with Crippen molar-refractivity contribution in [1.29, 1.82) is 0 Å². The molecule has 2 heterocycles. The van der Waals surface area contributed by atoms with Crippen molar-refractivity contribution in [1.82, 2.24) is 9.97 Å². The molecule has 4 heteroatoms. The lowest BCUT2D eigenvalue weighted by atomic mass is 9.99. The van der Waals surface area contributed by atoms with E-state index in [1.807, 2.05) is 12.4 Å². The second-order valence-electron chi connectivity index (χ2n) is 11.4. The van der Waals surface area contributed by atoms with E-state index in [2.05, 4.69) is 157 Å². The largest absolute Gasteiger partial charge is 0.310 e. The maximum absolute atomic E-state index is 5.05. The average molecular weight is 567 g/mol. The van der Waals surface area contributed by atoms with Crippen LogP contribution < -0.4 is 9.80 Å². The number of anilines is 6. The standard InChI is InChI=1S/C40H30N4/c1-27-11-9-17-33(19-27)43(31-13-5-3-6-14-31)35-21-29-25-42-38-24-36(22-30-26-41-37(23-35)39(29)40(30)38)44(32-15-7-4-8-16-32)34-18-10-12-28(2)20-34/h3-26H,1-2H3. The van der Waals surface area contributed by atoms with Crippen LogP contribution in [0.5, 0.6) is 0 Å². The molecule has 0 N–H and O–H groups in total. The van der Waals surface area contributed by atoms with E-state index in [1.54, 1.807) is 0 Å². The van der Waals surface area contributed by atoms with Crippen LogP contribution >= 0.6 is 0 Å². The maximum atomic E-state index is 5.05. The molecular formula is C40H30N4. The van der Waals surface area contributed by atoms with Crippen molar-refractivity contribution < 1.29 is 0 Å². The number of hydrogen-bond donors (Lipinski definition) is 0. The molecule has 0 bridgehead atoms. The van der Waals surface area contributed by atoms with Gasteiger partial charge in [0, 0.05) is 68.1 Å². The Balaban J connectivity index is 1.32.